The summed E-state index contributed by atoms with van der Waals surface area (Å²) in [6.45, 7) is 8.88. The average Bonchev–Trinajstić information content (AvgIpc) is 2.45. The molecule has 0 spiro atoms. The van der Waals surface area contributed by atoms with E-state index >= 15 is 0 Å². The molecule has 0 radical (unpaired) electrons. The molecule has 0 fully saturated rings. The Hall–Kier alpha value is -2.68. The Balaban J connectivity index is 1.65. The maximum atomic E-state index is 6.07. The van der Waals surface area contributed by atoms with Crippen LogP contribution < -0.4 is 14.2 Å². The van der Waals surface area contributed by atoms with Crippen molar-refractivity contribution in [3.63, 3.8) is 0 Å². The van der Waals surface area contributed by atoms with E-state index in [2.05, 4.69) is 25.3 Å². The van der Waals surface area contributed by atoms with Crippen LogP contribution in [0.4, 0.5) is 0 Å². The summed E-state index contributed by atoms with van der Waals surface area (Å²) in [5.74, 6) is 3.17. The third-order valence-corrected chi connectivity index (χ3v) is 4.31. The van der Waals surface area contributed by atoms with Crippen LogP contribution in [0, 0.1) is 0 Å². The van der Waals surface area contributed by atoms with Gasteiger partial charge in [-0.25, -0.2) is 0 Å². The number of rotatable bonds is 6. The van der Waals surface area contributed by atoms with Crippen molar-refractivity contribution in [1.82, 2.24) is 0 Å². The molecule has 3 heteroatoms. The first-order chi connectivity index (χ1) is 11.3. The van der Waals surface area contributed by atoms with Gasteiger partial charge in [-0.2, -0.15) is 0 Å². The highest BCUT2D eigenvalue weighted by molar-refractivity contribution is 5.60. The molecule has 3 nitrogen and oxygen atoms in total. The number of allylic oxidation sites excluding steroid dienone is 2. The molecule has 0 aromatic heterocycles. The molecule has 0 saturated heterocycles. The molecule has 0 unspecified atom stereocenters. The molecule has 2 aliphatic heterocycles. The molecule has 2 aromatic rings. The fourth-order valence-corrected chi connectivity index (χ4v) is 3.03. The molecule has 23 heavy (non-hydrogen) atoms. The van der Waals surface area contributed by atoms with Gasteiger partial charge in [0.2, 0.25) is 0 Å². The second-order valence-electron chi connectivity index (χ2n) is 5.73. The minimum absolute atomic E-state index is 0.641. The lowest BCUT2D eigenvalue weighted by atomic mass is 9.99. The summed E-state index contributed by atoms with van der Waals surface area (Å²) in [5.41, 5.74) is 4.93. The Morgan fingerprint density at radius 2 is 1.30 bits per heavy atom. The molecular weight excluding hydrogens is 288 g/mol. The van der Waals surface area contributed by atoms with Crippen LogP contribution in [0.5, 0.6) is 23.0 Å². The highest BCUT2D eigenvalue weighted by Crippen LogP contribution is 2.47. The summed E-state index contributed by atoms with van der Waals surface area (Å²) in [6.07, 6.45) is 5.51. The molecule has 0 N–H and O–H groups in total. The van der Waals surface area contributed by atoms with Crippen molar-refractivity contribution < 1.29 is 14.2 Å². The Kier molecular flexibility index (Phi) is 3.34. The fourth-order valence-electron chi connectivity index (χ4n) is 3.03. The van der Waals surface area contributed by atoms with Gasteiger partial charge in [0.15, 0.2) is 23.0 Å². The number of fused-ring (bicyclic) bond motifs is 2. The predicted molar refractivity (Wildman–Crippen MR) is 89.4 cm³/mol. The molecule has 2 heterocycles. The van der Waals surface area contributed by atoms with Crippen LogP contribution in [0.3, 0.4) is 0 Å². The maximum Gasteiger partial charge on any atom is 0.169 e. The van der Waals surface area contributed by atoms with E-state index in [0.29, 0.717) is 13.2 Å². The molecule has 0 aliphatic carbocycles. The fraction of sp³-hybridized carbons (Fsp3) is 0.200. The quantitative estimate of drug-likeness (QED) is 0.723. The van der Waals surface area contributed by atoms with E-state index < -0.39 is 0 Å². The Labute approximate surface area is 135 Å². The van der Waals surface area contributed by atoms with Crippen molar-refractivity contribution in [3.8, 4) is 23.0 Å². The minimum atomic E-state index is 0.641. The van der Waals surface area contributed by atoms with E-state index in [4.69, 9.17) is 14.2 Å². The summed E-state index contributed by atoms with van der Waals surface area (Å²) < 4.78 is 17.3. The average molecular weight is 306 g/mol. The first-order valence-corrected chi connectivity index (χ1v) is 7.76. The smallest absolute Gasteiger partial charge is 0.169 e. The topological polar surface area (TPSA) is 27.7 Å². The lowest BCUT2D eigenvalue weighted by Gasteiger charge is -2.29. The molecule has 116 valence electrons. The van der Waals surface area contributed by atoms with Gasteiger partial charge in [0.25, 0.3) is 0 Å². The lowest BCUT2D eigenvalue weighted by Crippen LogP contribution is -2.15. The van der Waals surface area contributed by atoms with Gasteiger partial charge in [-0.15, -0.1) is 13.2 Å². The van der Waals surface area contributed by atoms with Crippen LogP contribution in [-0.2, 0) is 26.1 Å². The number of hydrogen-bond acceptors (Lipinski definition) is 3. The maximum absolute atomic E-state index is 6.07. The molecule has 2 aliphatic rings. The molecule has 0 saturated carbocycles. The standard InChI is InChI=1S/C20H18O3/c1-3-5-13-7-9-17(19-15(13)11-21-19)23-18-10-8-14(6-4-2)16-12-22-20(16)18/h3-4,7-10H,1-2,5-6,11-12H2. The Bertz CT molecular complexity index is 738. The van der Waals surface area contributed by atoms with E-state index in [1.165, 1.54) is 22.3 Å². The highest BCUT2D eigenvalue weighted by atomic mass is 16.6. The summed E-state index contributed by atoms with van der Waals surface area (Å²) >= 11 is 0. The van der Waals surface area contributed by atoms with E-state index in [9.17, 15) is 0 Å². The molecular formula is C20H18O3. The first kappa shape index (κ1) is 13.9. The van der Waals surface area contributed by atoms with Gasteiger partial charge in [0, 0.05) is 11.1 Å². The minimum Gasteiger partial charge on any atom is -0.484 e. The molecule has 0 atom stereocenters. The zero-order valence-corrected chi connectivity index (χ0v) is 12.9. The van der Waals surface area contributed by atoms with E-state index in [0.717, 1.165) is 35.8 Å². The van der Waals surface area contributed by atoms with Gasteiger partial charge in [-0.3, -0.25) is 0 Å². The van der Waals surface area contributed by atoms with Gasteiger partial charge in [0.05, 0.1) is 0 Å². The van der Waals surface area contributed by atoms with Crippen LogP contribution in [0.1, 0.15) is 22.3 Å². The molecule has 0 amide bonds. The van der Waals surface area contributed by atoms with E-state index in [1.54, 1.807) is 0 Å². The summed E-state index contributed by atoms with van der Waals surface area (Å²) in [4.78, 5) is 0. The SMILES string of the molecule is C=CCc1ccc(Oc2ccc(CC=C)c3c2OC3)c2c1CO2. The van der Waals surface area contributed by atoms with Gasteiger partial charge in [-0.1, -0.05) is 24.3 Å². The van der Waals surface area contributed by atoms with Gasteiger partial charge in [-0.05, 0) is 36.1 Å². The van der Waals surface area contributed by atoms with Crippen molar-refractivity contribution >= 4 is 0 Å². The van der Waals surface area contributed by atoms with Crippen molar-refractivity contribution in [3.05, 3.63) is 71.8 Å². The van der Waals surface area contributed by atoms with Crippen molar-refractivity contribution in [1.29, 1.82) is 0 Å². The third-order valence-electron chi connectivity index (χ3n) is 4.31. The van der Waals surface area contributed by atoms with Crippen LogP contribution in [0.25, 0.3) is 0 Å². The zero-order valence-electron chi connectivity index (χ0n) is 12.9. The van der Waals surface area contributed by atoms with Crippen molar-refractivity contribution in [2.45, 2.75) is 26.1 Å². The van der Waals surface area contributed by atoms with E-state index in [-0.39, 0.29) is 0 Å². The van der Waals surface area contributed by atoms with E-state index in [1.807, 2.05) is 24.3 Å². The van der Waals surface area contributed by atoms with Crippen molar-refractivity contribution in [2.75, 3.05) is 0 Å². The summed E-state index contributed by atoms with van der Waals surface area (Å²) in [6, 6.07) is 8.08. The molecule has 0 bridgehead atoms. The zero-order chi connectivity index (χ0) is 15.8. The normalized spacial score (nSPS) is 13.4. The van der Waals surface area contributed by atoms with Gasteiger partial charge in [0.1, 0.15) is 13.2 Å². The number of hydrogen-bond donors (Lipinski definition) is 0. The van der Waals surface area contributed by atoms with Gasteiger partial charge >= 0.3 is 0 Å². The summed E-state index contributed by atoms with van der Waals surface area (Å²) in [5, 5.41) is 0. The Morgan fingerprint density at radius 3 is 1.65 bits per heavy atom. The Morgan fingerprint density at radius 1 is 0.826 bits per heavy atom. The highest BCUT2D eigenvalue weighted by Gasteiger charge is 2.27. The lowest BCUT2D eigenvalue weighted by molar-refractivity contribution is 0.216. The molecule has 4 rings (SSSR count). The first-order valence-electron chi connectivity index (χ1n) is 7.76. The van der Waals surface area contributed by atoms with Crippen molar-refractivity contribution in [2.24, 2.45) is 0 Å². The molecule has 2 aromatic carbocycles. The second-order valence-corrected chi connectivity index (χ2v) is 5.73. The number of ether oxygens (including phenoxy) is 3. The van der Waals surface area contributed by atoms with Crippen LogP contribution in [0.2, 0.25) is 0 Å². The van der Waals surface area contributed by atoms with Crippen LogP contribution in [-0.4, -0.2) is 0 Å². The third kappa shape index (κ3) is 2.20. The predicted octanol–water partition coefficient (Wildman–Crippen LogP) is 4.72. The number of benzene rings is 2. The second kappa shape index (κ2) is 5.51. The monoisotopic (exact) mass is 306 g/mol. The summed E-state index contributed by atoms with van der Waals surface area (Å²) in [7, 11) is 0. The van der Waals surface area contributed by atoms with Crippen LogP contribution in [0.15, 0.2) is 49.6 Å². The largest absolute Gasteiger partial charge is 0.484 e. The van der Waals surface area contributed by atoms with Crippen LogP contribution >= 0.6 is 0 Å². The van der Waals surface area contributed by atoms with Gasteiger partial charge < -0.3 is 14.2 Å².